The minimum Gasteiger partial charge on any atom is -0.623 e. The molecule has 106 valence electrons. The van der Waals surface area contributed by atoms with Crippen LogP contribution in [0.4, 0.5) is 0 Å². The molecule has 2 rings (SSSR count). The predicted molar refractivity (Wildman–Crippen MR) is 77.6 cm³/mol. The summed E-state index contributed by atoms with van der Waals surface area (Å²) in [5, 5.41) is 12.7. The van der Waals surface area contributed by atoms with Gasteiger partial charge in [0.15, 0.2) is 5.71 Å². The summed E-state index contributed by atoms with van der Waals surface area (Å²) >= 11 is 0. The van der Waals surface area contributed by atoms with Gasteiger partial charge >= 0.3 is 5.97 Å². The average molecular weight is 273 g/mol. The molecular weight excluding hydrogens is 254 g/mol. The molecule has 0 aromatic heterocycles. The third kappa shape index (κ3) is 2.33. The average Bonchev–Trinajstić information content (AvgIpc) is 2.79. The highest BCUT2D eigenvalue weighted by Crippen LogP contribution is 2.32. The van der Waals surface area contributed by atoms with Crippen molar-refractivity contribution in [1.29, 1.82) is 0 Å². The van der Waals surface area contributed by atoms with E-state index in [1.165, 1.54) is 0 Å². The number of carbonyl (C=O) groups excluding carboxylic acids is 1. The molecule has 0 radical (unpaired) electrons. The fraction of sp³-hybridized carbons (Fsp3) is 0.375. The molecule has 0 amide bonds. The normalized spacial score (nSPS) is 21.9. The quantitative estimate of drug-likeness (QED) is 0.359. The Morgan fingerprint density at radius 3 is 2.80 bits per heavy atom. The van der Waals surface area contributed by atoms with Crippen LogP contribution in [-0.4, -0.2) is 28.6 Å². The van der Waals surface area contributed by atoms with E-state index in [-0.39, 0.29) is 6.61 Å². The highest BCUT2D eigenvalue weighted by molar-refractivity contribution is 5.99. The van der Waals surface area contributed by atoms with Crippen molar-refractivity contribution in [2.75, 3.05) is 6.61 Å². The van der Waals surface area contributed by atoms with Crippen molar-refractivity contribution in [3.63, 3.8) is 0 Å². The maximum Gasteiger partial charge on any atom is 0.380 e. The third-order valence-electron chi connectivity index (χ3n) is 3.65. The molecule has 0 N–H and O–H groups in total. The lowest BCUT2D eigenvalue weighted by atomic mass is 9.92. The number of carbonyl (C=O) groups is 1. The van der Waals surface area contributed by atoms with Gasteiger partial charge in [0.1, 0.15) is 0 Å². The van der Waals surface area contributed by atoms with Crippen molar-refractivity contribution in [3.05, 3.63) is 53.8 Å². The minimum atomic E-state index is -1.15. The number of hydrogen-bond acceptors (Lipinski definition) is 3. The summed E-state index contributed by atoms with van der Waals surface area (Å²) in [6.45, 7) is 5.67. The Bertz CT molecular complexity index is 536. The lowest BCUT2D eigenvalue weighted by molar-refractivity contribution is -0.525. The molecule has 0 aliphatic carbocycles. The van der Waals surface area contributed by atoms with Crippen molar-refractivity contribution in [1.82, 2.24) is 0 Å². The van der Waals surface area contributed by atoms with Gasteiger partial charge in [-0.15, -0.1) is 6.58 Å². The van der Waals surface area contributed by atoms with Gasteiger partial charge in [0.2, 0.25) is 0 Å². The molecule has 0 fully saturated rings. The van der Waals surface area contributed by atoms with E-state index in [9.17, 15) is 10.0 Å². The van der Waals surface area contributed by atoms with E-state index in [4.69, 9.17) is 4.74 Å². The van der Waals surface area contributed by atoms with Crippen LogP contribution in [0, 0.1) is 5.21 Å². The molecule has 1 aliphatic rings. The van der Waals surface area contributed by atoms with Gasteiger partial charge in [-0.2, -0.15) is 4.74 Å². The maximum atomic E-state index is 12.7. The van der Waals surface area contributed by atoms with Crippen LogP contribution in [0.1, 0.15) is 31.7 Å². The van der Waals surface area contributed by atoms with E-state index in [2.05, 4.69) is 6.58 Å². The van der Waals surface area contributed by atoms with Gasteiger partial charge < -0.3 is 9.94 Å². The lowest BCUT2D eigenvalue weighted by Crippen LogP contribution is -2.46. The molecule has 0 saturated heterocycles. The largest absolute Gasteiger partial charge is 0.623 e. The van der Waals surface area contributed by atoms with Gasteiger partial charge in [-0.05, 0) is 19.1 Å². The highest BCUT2D eigenvalue weighted by Gasteiger charge is 2.53. The van der Waals surface area contributed by atoms with Gasteiger partial charge in [0, 0.05) is 24.8 Å². The molecule has 1 unspecified atom stereocenters. The third-order valence-corrected chi connectivity index (χ3v) is 3.65. The summed E-state index contributed by atoms with van der Waals surface area (Å²) in [5.74, 6) is -0.458. The molecule has 4 heteroatoms. The van der Waals surface area contributed by atoms with E-state index in [1.807, 2.05) is 30.3 Å². The molecule has 20 heavy (non-hydrogen) atoms. The fourth-order valence-corrected chi connectivity index (χ4v) is 2.64. The number of nitrogens with zero attached hydrogens (tertiary/aromatic N) is 1. The van der Waals surface area contributed by atoms with Gasteiger partial charge in [-0.25, -0.2) is 4.79 Å². The Balaban J connectivity index is 2.43. The monoisotopic (exact) mass is 273 g/mol. The molecule has 1 atom stereocenters. The first-order valence-electron chi connectivity index (χ1n) is 6.82. The van der Waals surface area contributed by atoms with Crippen LogP contribution < -0.4 is 0 Å². The van der Waals surface area contributed by atoms with Crippen LogP contribution in [0.25, 0.3) is 0 Å². The summed E-state index contributed by atoms with van der Waals surface area (Å²) in [7, 11) is 0. The Labute approximate surface area is 119 Å². The van der Waals surface area contributed by atoms with Gasteiger partial charge in [0.05, 0.1) is 6.61 Å². The zero-order valence-corrected chi connectivity index (χ0v) is 11.7. The van der Waals surface area contributed by atoms with E-state index in [1.54, 1.807) is 13.0 Å². The first-order chi connectivity index (χ1) is 9.65. The zero-order valence-electron chi connectivity index (χ0n) is 11.7. The summed E-state index contributed by atoms with van der Waals surface area (Å²) < 4.78 is 5.93. The Morgan fingerprint density at radius 1 is 1.50 bits per heavy atom. The predicted octanol–water partition coefficient (Wildman–Crippen LogP) is 2.66. The molecule has 0 saturated carbocycles. The Morgan fingerprint density at radius 2 is 2.20 bits per heavy atom. The molecule has 0 bridgehead atoms. The van der Waals surface area contributed by atoms with E-state index < -0.39 is 11.5 Å². The van der Waals surface area contributed by atoms with Crippen molar-refractivity contribution < 1.29 is 14.3 Å². The number of benzene rings is 1. The number of hydrogen-bond donors (Lipinski definition) is 0. The number of rotatable bonds is 5. The van der Waals surface area contributed by atoms with Gasteiger partial charge in [-0.1, -0.05) is 24.3 Å². The summed E-state index contributed by atoms with van der Waals surface area (Å²) in [6.07, 6.45) is 2.94. The van der Waals surface area contributed by atoms with Crippen LogP contribution in [0.15, 0.2) is 43.0 Å². The molecule has 4 nitrogen and oxygen atoms in total. The van der Waals surface area contributed by atoms with E-state index >= 15 is 0 Å². The second-order valence-corrected chi connectivity index (χ2v) is 4.85. The van der Waals surface area contributed by atoms with E-state index in [0.29, 0.717) is 25.0 Å². The minimum absolute atomic E-state index is 0.270. The molecule has 1 aromatic carbocycles. The molecule has 1 aromatic rings. The number of ether oxygens (including phenoxy) is 1. The molecular formula is C16H19NO3. The van der Waals surface area contributed by atoms with Crippen molar-refractivity contribution in [3.8, 4) is 0 Å². The zero-order chi connectivity index (χ0) is 14.6. The Kier molecular flexibility index (Phi) is 4.23. The molecule has 1 aliphatic heterocycles. The van der Waals surface area contributed by atoms with Crippen molar-refractivity contribution >= 4 is 11.7 Å². The van der Waals surface area contributed by atoms with Crippen LogP contribution in [0.5, 0.6) is 0 Å². The van der Waals surface area contributed by atoms with Gasteiger partial charge in [-0.3, -0.25) is 0 Å². The summed E-state index contributed by atoms with van der Waals surface area (Å²) in [5.41, 5.74) is 0.349. The molecule has 0 spiro atoms. The smallest absolute Gasteiger partial charge is 0.380 e. The maximum absolute atomic E-state index is 12.7. The van der Waals surface area contributed by atoms with Crippen LogP contribution in [-0.2, 0) is 9.53 Å². The Hall–Kier alpha value is -2.10. The van der Waals surface area contributed by atoms with Gasteiger partial charge in [0.25, 0.3) is 5.54 Å². The van der Waals surface area contributed by atoms with Crippen LogP contribution in [0.3, 0.4) is 0 Å². The number of hydroxylamine groups is 1. The second-order valence-electron chi connectivity index (χ2n) is 4.85. The highest BCUT2D eigenvalue weighted by atomic mass is 16.5. The molecule has 1 heterocycles. The van der Waals surface area contributed by atoms with E-state index in [0.717, 1.165) is 10.3 Å². The van der Waals surface area contributed by atoms with Crippen LogP contribution in [0.2, 0.25) is 0 Å². The first kappa shape index (κ1) is 14.3. The topological polar surface area (TPSA) is 52.4 Å². The fourth-order valence-electron chi connectivity index (χ4n) is 2.64. The van der Waals surface area contributed by atoms with Crippen molar-refractivity contribution in [2.24, 2.45) is 0 Å². The standard InChI is InChI=1S/C16H19NO3/c1-3-11-16(15(18)20-4-2)12-10-14(17(16)19)13-8-6-5-7-9-13/h3,5-9H,1,4,10-12H2,2H3. The SMILES string of the molecule is C=CCC1(C(=O)OCC)CCC(c2ccccc2)=[N+]1[O-]. The summed E-state index contributed by atoms with van der Waals surface area (Å²) in [4.78, 5) is 12.2. The number of esters is 1. The summed E-state index contributed by atoms with van der Waals surface area (Å²) in [6, 6.07) is 9.43. The van der Waals surface area contributed by atoms with Crippen molar-refractivity contribution in [2.45, 2.75) is 31.7 Å². The first-order valence-corrected chi connectivity index (χ1v) is 6.82. The van der Waals surface area contributed by atoms with Crippen LogP contribution >= 0.6 is 0 Å². The second kappa shape index (κ2) is 5.90. The lowest BCUT2D eigenvalue weighted by Gasteiger charge is -2.24.